The number of thioether (sulfide) groups is 1. The molecule has 150 valence electrons. The molecule has 0 spiro atoms. The molecule has 0 N–H and O–H groups in total. The summed E-state index contributed by atoms with van der Waals surface area (Å²) in [6.45, 7) is 4.92. The highest BCUT2D eigenvalue weighted by Gasteiger charge is 2.24. The van der Waals surface area contributed by atoms with Crippen LogP contribution in [0.4, 0.5) is 0 Å². The van der Waals surface area contributed by atoms with Crippen molar-refractivity contribution in [1.29, 1.82) is 0 Å². The summed E-state index contributed by atoms with van der Waals surface area (Å²) in [4.78, 5) is 24.8. The molecule has 3 aromatic rings. The summed E-state index contributed by atoms with van der Waals surface area (Å²) in [5.74, 6) is 1.24. The summed E-state index contributed by atoms with van der Waals surface area (Å²) in [7, 11) is 1.64. The summed E-state index contributed by atoms with van der Waals surface area (Å²) < 4.78 is 12.4. The number of ether oxygens (including phenoxy) is 1. The van der Waals surface area contributed by atoms with E-state index in [1.807, 2.05) is 13.8 Å². The van der Waals surface area contributed by atoms with E-state index in [9.17, 15) is 4.79 Å². The van der Waals surface area contributed by atoms with Crippen LogP contribution in [0.3, 0.4) is 0 Å². The molecule has 4 rings (SSSR count). The van der Waals surface area contributed by atoms with Gasteiger partial charge in [-0.05, 0) is 38.2 Å². The summed E-state index contributed by atoms with van der Waals surface area (Å²) in [5.41, 5.74) is 1.25. The van der Waals surface area contributed by atoms with E-state index >= 15 is 0 Å². The van der Waals surface area contributed by atoms with Gasteiger partial charge in [-0.3, -0.25) is 9.36 Å². The van der Waals surface area contributed by atoms with E-state index in [0.29, 0.717) is 30.0 Å². The molecule has 0 saturated heterocycles. The molecule has 0 aliphatic heterocycles. The Morgan fingerprint density at radius 1 is 1.32 bits per heavy atom. The largest absolute Gasteiger partial charge is 0.383 e. The zero-order valence-corrected chi connectivity index (χ0v) is 18.0. The molecule has 0 aromatic carbocycles. The molecular formula is C19H24N4O3S2. The van der Waals surface area contributed by atoms with E-state index in [1.54, 1.807) is 23.0 Å². The predicted octanol–water partition coefficient (Wildman–Crippen LogP) is 3.78. The molecule has 28 heavy (non-hydrogen) atoms. The van der Waals surface area contributed by atoms with Crippen molar-refractivity contribution in [1.82, 2.24) is 19.7 Å². The highest BCUT2D eigenvalue weighted by atomic mass is 32.2. The average Bonchev–Trinajstić information content (AvgIpc) is 3.32. The van der Waals surface area contributed by atoms with Crippen molar-refractivity contribution in [2.75, 3.05) is 13.7 Å². The molecule has 1 atom stereocenters. The van der Waals surface area contributed by atoms with E-state index in [-0.39, 0.29) is 10.8 Å². The summed E-state index contributed by atoms with van der Waals surface area (Å²) in [5, 5.41) is 5.36. The smallest absolute Gasteiger partial charge is 0.263 e. The zero-order chi connectivity index (χ0) is 19.7. The first-order chi connectivity index (χ1) is 13.6. The minimum atomic E-state index is -0.0967. The number of aromatic nitrogens is 4. The Morgan fingerprint density at radius 2 is 2.14 bits per heavy atom. The molecule has 0 fully saturated rings. The van der Waals surface area contributed by atoms with Gasteiger partial charge in [0.2, 0.25) is 5.89 Å². The van der Waals surface area contributed by atoms with Gasteiger partial charge < -0.3 is 9.26 Å². The fraction of sp³-hybridized carbons (Fsp3) is 0.579. The van der Waals surface area contributed by atoms with Crippen molar-refractivity contribution in [2.24, 2.45) is 0 Å². The SMILES string of the molecule is CCc1noc(C(C)Sc2nc3sc4c(c3c(=O)n2CCOC)CCCC4)n1. The second-order valence-corrected chi connectivity index (χ2v) is 9.29. The van der Waals surface area contributed by atoms with Gasteiger partial charge in [-0.25, -0.2) is 4.98 Å². The van der Waals surface area contributed by atoms with Crippen molar-refractivity contribution >= 4 is 33.3 Å². The fourth-order valence-electron chi connectivity index (χ4n) is 3.47. The Kier molecular flexibility index (Phi) is 5.84. The lowest BCUT2D eigenvalue weighted by molar-refractivity contribution is 0.183. The molecule has 0 radical (unpaired) electrons. The Bertz CT molecular complexity index is 1040. The molecule has 0 saturated carbocycles. The second-order valence-electron chi connectivity index (χ2n) is 6.90. The second kappa shape index (κ2) is 8.34. The van der Waals surface area contributed by atoms with Gasteiger partial charge in [0.1, 0.15) is 4.83 Å². The maximum atomic E-state index is 13.4. The van der Waals surface area contributed by atoms with Gasteiger partial charge in [0.25, 0.3) is 5.56 Å². The van der Waals surface area contributed by atoms with Crippen LogP contribution in [0.15, 0.2) is 14.5 Å². The Hall–Kier alpha value is -1.71. The van der Waals surface area contributed by atoms with Crippen LogP contribution < -0.4 is 5.56 Å². The molecule has 1 aliphatic rings. The van der Waals surface area contributed by atoms with Crippen LogP contribution in [0.25, 0.3) is 10.2 Å². The molecule has 7 nitrogen and oxygen atoms in total. The first-order valence-corrected chi connectivity index (χ1v) is 11.3. The van der Waals surface area contributed by atoms with Crippen LogP contribution in [0.5, 0.6) is 0 Å². The Labute approximate surface area is 171 Å². The molecule has 3 heterocycles. The first kappa shape index (κ1) is 19.6. The summed E-state index contributed by atoms with van der Waals surface area (Å²) >= 11 is 3.15. The lowest BCUT2D eigenvalue weighted by Crippen LogP contribution is -2.25. The van der Waals surface area contributed by atoms with E-state index in [0.717, 1.165) is 35.9 Å². The van der Waals surface area contributed by atoms with Gasteiger partial charge in [-0.15, -0.1) is 11.3 Å². The van der Waals surface area contributed by atoms with Gasteiger partial charge in [0.15, 0.2) is 11.0 Å². The topological polar surface area (TPSA) is 83.0 Å². The van der Waals surface area contributed by atoms with Gasteiger partial charge >= 0.3 is 0 Å². The van der Waals surface area contributed by atoms with Gasteiger partial charge in [0.05, 0.1) is 23.8 Å². The number of methoxy groups -OCH3 is 1. The van der Waals surface area contributed by atoms with Crippen molar-refractivity contribution in [3.8, 4) is 0 Å². The molecule has 9 heteroatoms. The molecule has 1 unspecified atom stereocenters. The van der Waals surface area contributed by atoms with Crippen LogP contribution >= 0.6 is 23.1 Å². The van der Waals surface area contributed by atoms with Gasteiger partial charge in [0, 0.05) is 18.4 Å². The number of rotatable bonds is 7. The highest BCUT2D eigenvalue weighted by molar-refractivity contribution is 7.99. The molecule has 0 amide bonds. The third kappa shape index (κ3) is 3.62. The number of hydrogen-bond acceptors (Lipinski definition) is 8. The van der Waals surface area contributed by atoms with Crippen LogP contribution in [0.1, 0.15) is 54.1 Å². The van der Waals surface area contributed by atoms with Gasteiger partial charge in [-0.1, -0.05) is 23.8 Å². The van der Waals surface area contributed by atoms with Crippen molar-refractivity contribution in [3.63, 3.8) is 0 Å². The van der Waals surface area contributed by atoms with E-state index in [1.165, 1.54) is 28.6 Å². The lowest BCUT2D eigenvalue weighted by Gasteiger charge is -2.14. The normalized spacial score (nSPS) is 15.1. The minimum Gasteiger partial charge on any atom is -0.383 e. The molecular weight excluding hydrogens is 396 g/mol. The van der Waals surface area contributed by atoms with Crippen molar-refractivity contribution < 1.29 is 9.26 Å². The lowest BCUT2D eigenvalue weighted by atomic mass is 9.97. The quantitative estimate of drug-likeness (QED) is 0.425. The van der Waals surface area contributed by atoms with Crippen LogP contribution in [-0.4, -0.2) is 33.4 Å². The maximum absolute atomic E-state index is 13.4. The average molecular weight is 421 g/mol. The fourth-order valence-corrected chi connectivity index (χ4v) is 5.74. The van der Waals surface area contributed by atoms with Crippen molar-refractivity contribution in [3.05, 3.63) is 32.5 Å². The highest BCUT2D eigenvalue weighted by Crippen LogP contribution is 2.37. The van der Waals surface area contributed by atoms with Crippen LogP contribution in [0, 0.1) is 0 Å². The van der Waals surface area contributed by atoms with Crippen LogP contribution in [0.2, 0.25) is 0 Å². The number of thiophene rings is 1. The Balaban J connectivity index is 1.76. The summed E-state index contributed by atoms with van der Waals surface area (Å²) in [6.07, 6.45) is 5.08. The van der Waals surface area contributed by atoms with Crippen molar-refractivity contribution in [2.45, 2.75) is 62.9 Å². The predicted molar refractivity (Wildman–Crippen MR) is 110 cm³/mol. The van der Waals surface area contributed by atoms with E-state index in [2.05, 4.69) is 10.1 Å². The van der Waals surface area contributed by atoms with Gasteiger partial charge in [-0.2, -0.15) is 4.98 Å². The molecule has 1 aliphatic carbocycles. The van der Waals surface area contributed by atoms with E-state index in [4.69, 9.17) is 14.2 Å². The monoisotopic (exact) mass is 420 g/mol. The minimum absolute atomic E-state index is 0.0379. The third-order valence-electron chi connectivity index (χ3n) is 4.99. The number of nitrogens with zero attached hydrogens (tertiary/aromatic N) is 4. The number of fused-ring (bicyclic) bond motifs is 3. The summed E-state index contributed by atoms with van der Waals surface area (Å²) in [6, 6.07) is 0. The molecule has 0 bridgehead atoms. The standard InChI is InChI=1S/C19H24N4O3S2/c1-4-14-20-16(26-22-14)11(2)27-19-21-17-15(18(24)23(19)9-10-25-3)12-7-5-6-8-13(12)28-17/h11H,4-10H2,1-3H3. The van der Waals surface area contributed by atoms with Crippen LogP contribution in [-0.2, 0) is 30.5 Å². The Morgan fingerprint density at radius 3 is 2.89 bits per heavy atom. The maximum Gasteiger partial charge on any atom is 0.263 e. The zero-order valence-electron chi connectivity index (χ0n) is 16.4. The van der Waals surface area contributed by atoms with E-state index < -0.39 is 0 Å². The number of hydrogen-bond donors (Lipinski definition) is 0. The molecule has 3 aromatic heterocycles. The first-order valence-electron chi connectivity index (χ1n) is 9.65. The number of aryl methyl sites for hydroxylation is 3. The third-order valence-corrected chi connectivity index (χ3v) is 7.25.